The van der Waals surface area contributed by atoms with Gasteiger partial charge in [-0.25, -0.2) is 13.4 Å². The topological polar surface area (TPSA) is 79.4 Å². The van der Waals surface area contributed by atoms with Gasteiger partial charge < -0.3 is 5.32 Å². The molecule has 2 aromatic heterocycles. The minimum Gasteiger partial charge on any atom is -0.325 e. The van der Waals surface area contributed by atoms with Crippen molar-refractivity contribution in [2.75, 3.05) is 11.9 Å². The van der Waals surface area contributed by atoms with Gasteiger partial charge >= 0.3 is 0 Å². The van der Waals surface area contributed by atoms with Crippen LogP contribution >= 0.6 is 22.7 Å². The molecule has 1 aliphatic rings. The number of carbonyl (C=O) groups excluding carboxylic acids is 1. The van der Waals surface area contributed by atoms with Crippen LogP contribution in [0.5, 0.6) is 0 Å². The first kappa shape index (κ1) is 16.6. The Morgan fingerprint density at radius 1 is 1.28 bits per heavy atom. The maximum Gasteiger partial charge on any atom is 0.253 e. The number of aromatic nitrogens is 1. The fourth-order valence-corrected chi connectivity index (χ4v) is 6.41. The second-order valence-electron chi connectivity index (χ2n) is 5.73. The van der Waals surface area contributed by atoms with Crippen LogP contribution in [-0.4, -0.2) is 36.2 Å². The van der Waals surface area contributed by atoms with E-state index in [4.69, 9.17) is 0 Å². The lowest BCUT2D eigenvalue weighted by Crippen LogP contribution is -2.42. The maximum atomic E-state index is 12.8. The number of thiazole rings is 1. The van der Waals surface area contributed by atoms with E-state index in [2.05, 4.69) is 10.3 Å². The second-order valence-corrected chi connectivity index (χ2v) is 9.68. The van der Waals surface area contributed by atoms with Crippen LogP contribution in [-0.2, 0) is 14.8 Å². The van der Waals surface area contributed by atoms with Crippen molar-refractivity contribution in [1.29, 1.82) is 0 Å². The molecule has 0 spiro atoms. The SMILES string of the molecule is O=C(Nc1ccc2scnc2c1)[C@@H]1CCCN1S(=O)(=O)c1cccs1. The predicted molar refractivity (Wildman–Crippen MR) is 99.5 cm³/mol. The zero-order valence-corrected chi connectivity index (χ0v) is 15.5. The first-order valence-corrected chi connectivity index (χ1v) is 10.9. The van der Waals surface area contributed by atoms with Gasteiger partial charge in [-0.1, -0.05) is 6.07 Å². The number of nitrogens with zero attached hydrogens (tertiary/aromatic N) is 2. The van der Waals surface area contributed by atoms with E-state index in [-0.39, 0.29) is 10.1 Å². The van der Waals surface area contributed by atoms with Crippen LogP contribution in [0, 0.1) is 0 Å². The molecule has 1 fully saturated rings. The summed E-state index contributed by atoms with van der Waals surface area (Å²) in [6.07, 6.45) is 1.20. The molecular weight excluding hydrogens is 378 g/mol. The molecule has 1 aromatic carbocycles. The van der Waals surface area contributed by atoms with Gasteiger partial charge in [0.25, 0.3) is 10.0 Å². The summed E-state index contributed by atoms with van der Waals surface area (Å²) in [5.74, 6) is -0.299. The third kappa shape index (κ3) is 3.08. The highest BCUT2D eigenvalue weighted by molar-refractivity contribution is 7.91. The molecule has 1 aliphatic heterocycles. The van der Waals surface area contributed by atoms with Crippen molar-refractivity contribution in [3.63, 3.8) is 0 Å². The van der Waals surface area contributed by atoms with Crippen molar-refractivity contribution in [2.45, 2.75) is 23.1 Å². The molecule has 3 aromatic rings. The van der Waals surface area contributed by atoms with Crippen molar-refractivity contribution in [3.05, 3.63) is 41.2 Å². The van der Waals surface area contributed by atoms with E-state index < -0.39 is 16.1 Å². The Bertz CT molecular complexity index is 1010. The number of sulfonamides is 1. The molecule has 1 amide bonds. The predicted octanol–water partition coefficient (Wildman–Crippen LogP) is 3.15. The quantitative estimate of drug-likeness (QED) is 0.738. The fraction of sp³-hybridized carbons (Fsp3) is 0.250. The lowest BCUT2D eigenvalue weighted by molar-refractivity contribution is -0.119. The first-order valence-electron chi connectivity index (χ1n) is 7.75. The molecule has 4 rings (SSSR count). The molecule has 0 radical (unpaired) electrons. The Kier molecular flexibility index (Phi) is 4.32. The number of rotatable bonds is 4. The Morgan fingerprint density at radius 3 is 2.96 bits per heavy atom. The Hall–Kier alpha value is -1.81. The highest BCUT2D eigenvalue weighted by Gasteiger charge is 2.39. The van der Waals surface area contributed by atoms with E-state index >= 15 is 0 Å². The highest BCUT2D eigenvalue weighted by atomic mass is 32.2. The standard InChI is InChI=1S/C16H15N3O3S3/c20-16(18-11-5-6-14-12(9-11)17-10-24-14)13-3-1-7-19(13)25(21,22)15-4-2-8-23-15/h2,4-6,8-10,13H,1,3,7H2,(H,18,20)/t13-/m0/s1. The van der Waals surface area contributed by atoms with Gasteiger partial charge in [0, 0.05) is 12.2 Å². The number of fused-ring (bicyclic) bond motifs is 1. The van der Waals surface area contributed by atoms with Crippen LogP contribution < -0.4 is 5.32 Å². The summed E-state index contributed by atoms with van der Waals surface area (Å²) in [6, 6.07) is 8.10. The van der Waals surface area contributed by atoms with E-state index in [0.29, 0.717) is 25.1 Å². The maximum absolute atomic E-state index is 12.8. The fourth-order valence-electron chi connectivity index (χ4n) is 2.98. The second kappa shape index (κ2) is 6.49. The average molecular weight is 394 g/mol. The van der Waals surface area contributed by atoms with E-state index in [1.807, 2.05) is 12.1 Å². The first-order chi connectivity index (χ1) is 12.1. The molecule has 0 aliphatic carbocycles. The van der Waals surface area contributed by atoms with E-state index in [0.717, 1.165) is 10.2 Å². The summed E-state index contributed by atoms with van der Waals surface area (Å²) in [4.78, 5) is 16.9. The zero-order valence-electron chi connectivity index (χ0n) is 13.1. The van der Waals surface area contributed by atoms with Gasteiger partial charge in [0.2, 0.25) is 5.91 Å². The molecule has 0 unspecified atom stereocenters. The van der Waals surface area contributed by atoms with Gasteiger partial charge in [-0.3, -0.25) is 4.79 Å². The number of carbonyl (C=O) groups is 1. The third-order valence-electron chi connectivity index (χ3n) is 4.16. The minimum absolute atomic E-state index is 0.274. The van der Waals surface area contributed by atoms with Crippen molar-refractivity contribution in [2.24, 2.45) is 0 Å². The average Bonchev–Trinajstić information content (AvgIpc) is 3.33. The number of nitrogens with one attached hydrogen (secondary N) is 1. The molecule has 3 heterocycles. The largest absolute Gasteiger partial charge is 0.325 e. The molecule has 130 valence electrons. The smallest absolute Gasteiger partial charge is 0.253 e. The summed E-state index contributed by atoms with van der Waals surface area (Å²) >= 11 is 2.70. The molecule has 6 nitrogen and oxygen atoms in total. The number of amides is 1. The molecule has 25 heavy (non-hydrogen) atoms. The van der Waals surface area contributed by atoms with Crippen LogP contribution in [0.2, 0.25) is 0 Å². The summed E-state index contributed by atoms with van der Waals surface area (Å²) < 4.78 is 28.1. The van der Waals surface area contributed by atoms with Gasteiger partial charge in [-0.2, -0.15) is 4.31 Å². The van der Waals surface area contributed by atoms with E-state index in [9.17, 15) is 13.2 Å². The van der Waals surface area contributed by atoms with E-state index in [1.54, 1.807) is 29.1 Å². The van der Waals surface area contributed by atoms with Gasteiger partial charge in [0.1, 0.15) is 10.3 Å². The minimum atomic E-state index is -3.63. The Balaban J connectivity index is 1.56. The summed E-state index contributed by atoms with van der Waals surface area (Å²) in [5, 5.41) is 4.56. The molecule has 0 saturated carbocycles. The normalized spacial score (nSPS) is 18.6. The van der Waals surface area contributed by atoms with Crippen LogP contribution in [0.4, 0.5) is 5.69 Å². The number of benzene rings is 1. The molecule has 1 N–H and O–H groups in total. The van der Waals surface area contributed by atoms with Crippen LogP contribution in [0.3, 0.4) is 0 Å². The van der Waals surface area contributed by atoms with Crippen LogP contribution in [0.15, 0.2) is 45.4 Å². The third-order valence-corrected chi connectivity index (χ3v) is 8.25. The van der Waals surface area contributed by atoms with E-state index in [1.165, 1.54) is 27.0 Å². The van der Waals surface area contributed by atoms with Gasteiger partial charge in [-0.15, -0.1) is 22.7 Å². The van der Waals surface area contributed by atoms with Crippen molar-refractivity contribution >= 4 is 54.5 Å². The number of thiophene rings is 1. The zero-order chi connectivity index (χ0) is 17.4. The highest BCUT2D eigenvalue weighted by Crippen LogP contribution is 2.29. The Morgan fingerprint density at radius 2 is 2.16 bits per heavy atom. The number of anilines is 1. The van der Waals surface area contributed by atoms with Crippen molar-refractivity contribution in [1.82, 2.24) is 9.29 Å². The van der Waals surface area contributed by atoms with Crippen LogP contribution in [0.1, 0.15) is 12.8 Å². The van der Waals surface area contributed by atoms with Gasteiger partial charge in [-0.05, 0) is 42.5 Å². The van der Waals surface area contributed by atoms with Gasteiger partial charge in [0.05, 0.1) is 15.7 Å². The molecule has 9 heteroatoms. The molecule has 0 bridgehead atoms. The van der Waals surface area contributed by atoms with Crippen LogP contribution in [0.25, 0.3) is 10.2 Å². The molecule has 1 atom stereocenters. The Labute approximate surface area is 153 Å². The monoisotopic (exact) mass is 393 g/mol. The lowest BCUT2D eigenvalue weighted by atomic mass is 10.2. The summed E-state index contributed by atoms with van der Waals surface area (Å²) in [6.45, 7) is 0.365. The van der Waals surface area contributed by atoms with Gasteiger partial charge in [0.15, 0.2) is 0 Å². The lowest BCUT2D eigenvalue weighted by Gasteiger charge is -2.22. The van der Waals surface area contributed by atoms with Crippen molar-refractivity contribution in [3.8, 4) is 0 Å². The number of hydrogen-bond acceptors (Lipinski definition) is 6. The molecular formula is C16H15N3O3S3. The molecule has 1 saturated heterocycles. The van der Waals surface area contributed by atoms with Crippen molar-refractivity contribution < 1.29 is 13.2 Å². The number of hydrogen-bond donors (Lipinski definition) is 1. The summed E-state index contributed by atoms with van der Waals surface area (Å²) in [7, 11) is -3.63. The summed E-state index contributed by atoms with van der Waals surface area (Å²) in [5.41, 5.74) is 3.20.